The number of halogens is 2. The second-order valence-electron chi connectivity index (χ2n) is 6.81. The number of hydrogen-bond donors (Lipinski definition) is 4. The molecule has 0 saturated heterocycles. The van der Waals surface area contributed by atoms with Gasteiger partial charge in [-0.3, -0.25) is 15.4 Å². The van der Waals surface area contributed by atoms with Gasteiger partial charge in [0.2, 0.25) is 0 Å². The molecule has 1 aliphatic rings. The summed E-state index contributed by atoms with van der Waals surface area (Å²) in [7, 11) is 0. The highest BCUT2D eigenvalue weighted by atomic mass is 35.5. The first-order valence-corrected chi connectivity index (χ1v) is 9.86. The van der Waals surface area contributed by atoms with Crippen molar-refractivity contribution >= 4 is 35.1 Å². The van der Waals surface area contributed by atoms with E-state index in [1.165, 1.54) is 5.01 Å². The number of aliphatic hydroxyl groups excluding tert-OH is 1. The molecular formula is C19H19Cl2N5O5. The lowest BCUT2D eigenvalue weighted by atomic mass is 10.0. The molecule has 0 spiro atoms. The molecule has 2 aromatic carbocycles. The number of nitrogens with one attached hydrogen (secondary N) is 1. The first kappa shape index (κ1) is 22.9. The Morgan fingerprint density at radius 3 is 2.55 bits per heavy atom. The summed E-state index contributed by atoms with van der Waals surface area (Å²) >= 11 is 12.3. The number of aliphatic hydroxyl groups is 1. The van der Waals surface area contributed by atoms with Crippen molar-refractivity contribution in [3.05, 3.63) is 58.1 Å². The molecule has 0 radical (unpaired) electrons. The maximum Gasteiger partial charge on any atom is 0.333 e. The fourth-order valence-corrected chi connectivity index (χ4v) is 3.28. The van der Waals surface area contributed by atoms with Crippen LogP contribution in [0.1, 0.15) is 5.56 Å². The summed E-state index contributed by atoms with van der Waals surface area (Å²) in [5.74, 6) is -2.02. The van der Waals surface area contributed by atoms with Crippen LogP contribution in [-0.4, -0.2) is 62.7 Å². The highest BCUT2D eigenvalue weighted by Gasteiger charge is 2.28. The minimum atomic E-state index is -1.72. The number of carboxylic acids is 1. The highest BCUT2D eigenvalue weighted by Crippen LogP contribution is 2.30. The minimum Gasteiger partial charge on any atom is -0.479 e. The fraction of sp³-hybridized carbons (Fsp3) is 0.263. The van der Waals surface area contributed by atoms with Gasteiger partial charge in [-0.1, -0.05) is 47.5 Å². The fourth-order valence-electron chi connectivity index (χ4n) is 2.88. The molecule has 164 valence electrons. The SMILES string of the molecule is O=C(NN(Cc1ccc(-c2cc(Cl)ccc2Cl)cc1)C[C@@H](O)C(=O)O)C1CN(O)N=N1. The van der Waals surface area contributed by atoms with Gasteiger partial charge in [-0.2, -0.15) is 10.3 Å². The van der Waals surface area contributed by atoms with Gasteiger partial charge in [0.15, 0.2) is 12.1 Å². The van der Waals surface area contributed by atoms with Crippen LogP contribution in [0.3, 0.4) is 0 Å². The summed E-state index contributed by atoms with van der Waals surface area (Å²) in [4.78, 5) is 23.4. The normalized spacial score (nSPS) is 16.5. The van der Waals surface area contributed by atoms with Crippen molar-refractivity contribution in [2.24, 2.45) is 10.3 Å². The summed E-state index contributed by atoms with van der Waals surface area (Å²) in [5, 5.41) is 37.8. The van der Waals surface area contributed by atoms with Crippen LogP contribution in [0.4, 0.5) is 0 Å². The van der Waals surface area contributed by atoms with Crippen molar-refractivity contribution in [1.82, 2.24) is 15.6 Å². The maximum absolute atomic E-state index is 12.4. The van der Waals surface area contributed by atoms with E-state index in [-0.39, 0.29) is 19.6 Å². The van der Waals surface area contributed by atoms with Crippen molar-refractivity contribution in [3.63, 3.8) is 0 Å². The van der Waals surface area contributed by atoms with Crippen LogP contribution in [0.2, 0.25) is 10.0 Å². The van der Waals surface area contributed by atoms with Crippen LogP contribution in [0, 0.1) is 0 Å². The number of nitrogens with zero attached hydrogens (tertiary/aromatic N) is 4. The second-order valence-corrected chi connectivity index (χ2v) is 7.65. The Morgan fingerprint density at radius 1 is 1.23 bits per heavy atom. The summed E-state index contributed by atoms with van der Waals surface area (Å²) in [6.45, 7) is -0.391. The van der Waals surface area contributed by atoms with Gasteiger partial charge < -0.3 is 10.2 Å². The van der Waals surface area contributed by atoms with Gasteiger partial charge in [0, 0.05) is 22.2 Å². The maximum atomic E-state index is 12.4. The van der Waals surface area contributed by atoms with Gasteiger partial charge in [-0.05, 0) is 34.5 Å². The number of rotatable bonds is 8. The molecule has 0 bridgehead atoms. The van der Waals surface area contributed by atoms with Crippen molar-refractivity contribution in [3.8, 4) is 11.1 Å². The smallest absolute Gasteiger partial charge is 0.333 e. The zero-order chi connectivity index (χ0) is 22.5. The number of hydrazine groups is 1. The van der Waals surface area contributed by atoms with Gasteiger partial charge >= 0.3 is 5.97 Å². The van der Waals surface area contributed by atoms with E-state index in [4.69, 9.17) is 28.3 Å². The Bertz CT molecular complexity index is 988. The first-order valence-electron chi connectivity index (χ1n) is 9.11. The van der Waals surface area contributed by atoms with Crippen LogP contribution >= 0.6 is 23.2 Å². The van der Waals surface area contributed by atoms with Crippen LogP contribution in [0.15, 0.2) is 52.8 Å². The molecule has 2 atom stereocenters. The molecule has 1 aliphatic heterocycles. The van der Waals surface area contributed by atoms with Crippen LogP contribution in [0.5, 0.6) is 0 Å². The lowest BCUT2D eigenvalue weighted by molar-refractivity contribution is -0.149. The molecular weight excluding hydrogens is 449 g/mol. The van der Waals surface area contributed by atoms with Crippen molar-refractivity contribution in [2.75, 3.05) is 13.1 Å². The van der Waals surface area contributed by atoms with Gasteiger partial charge in [0.1, 0.15) is 0 Å². The zero-order valence-electron chi connectivity index (χ0n) is 16.0. The Balaban J connectivity index is 1.73. The molecule has 0 aromatic heterocycles. The van der Waals surface area contributed by atoms with Crippen LogP contribution in [0.25, 0.3) is 11.1 Å². The molecule has 1 amide bonds. The first-order chi connectivity index (χ1) is 14.7. The van der Waals surface area contributed by atoms with Crippen LogP contribution < -0.4 is 5.43 Å². The number of carbonyl (C=O) groups excluding carboxylic acids is 1. The molecule has 0 aliphatic carbocycles. The Kier molecular flexibility index (Phi) is 7.42. The van der Waals surface area contributed by atoms with Crippen molar-refractivity contribution in [1.29, 1.82) is 0 Å². The van der Waals surface area contributed by atoms with Gasteiger partial charge in [0.25, 0.3) is 5.91 Å². The lowest BCUT2D eigenvalue weighted by Gasteiger charge is -2.25. The van der Waals surface area contributed by atoms with E-state index < -0.39 is 24.0 Å². The molecule has 2 aromatic rings. The number of carbonyl (C=O) groups is 2. The third kappa shape index (κ3) is 6.12. The number of carboxylic acid groups (broad SMARTS) is 1. The Hall–Kier alpha value is -2.76. The van der Waals surface area contributed by atoms with E-state index in [1.54, 1.807) is 30.3 Å². The number of aliphatic carboxylic acids is 1. The minimum absolute atomic E-state index is 0.104. The molecule has 12 heteroatoms. The summed E-state index contributed by atoms with van der Waals surface area (Å²) in [6.07, 6.45) is -1.72. The number of amides is 1. The van der Waals surface area contributed by atoms with E-state index in [0.717, 1.165) is 16.7 Å². The summed E-state index contributed by atoms with van der Waals surface area (Å²) in [5.41, 5.74) is 4.83. The molecule has 1 heterocycles. The summed E-state index contributed by atoms with van der Waals surface area (Å²) < 4.78 is 0. The molecule has 1 unspecified atom stereocenters. The Morgan fingerprint density at radius 2 is 1.94 bits per heavy atom. The van der Waals surface area contributed by atoms with Crippen molar-refractivity contribution in [2.45, 2.75) is 18.7 Å². The van der Waals surface area contributed by atoms with Gasteiger partial charge in [0.05, 0.1) is 13.1 Å². The standard InChI is InChI=1S/C19H19Cl2N5O5/c20-13-5-6-15(21)14(7-13)12-3-1-11(2-4-12)8-25(10-17(27)19(29)30)23-18(28)16-9-26(31)24-22-16/h1-7,16-17,27,31H,8-10H2,(H,23,28)(H,29,30)/t16?,17-/m1/s1. The van der Waals surface area contributed by atoms with E-state index in [9.17, 15) is 19.9 Å². The molecule has 0 fully saturated rings. The largest absolute Gasteiger partial charge is 0.479 e. The van der Waals surface area contributed by atoms with Crippen LogP contribution in [-0.2, 0) is 16.1 Å². The molecule has 31 heavy (non-hydrogen) atoms. The average Bonchev–Trinajstić information content (AvgIpc) is 3.17. The molecule has 4 N–H and O–H groups in total. The molecule has 3 rings (SSSR count). The van der Waals surface area contributed by atoms with Gasteiger partial charge in [-0.25, -0.2) is 9.80 Å². The van der Waals surface area contributed by atoms with E-state index in [1.807, 2.05) is 12.1 Å². The number of hydroxylamine groups is 1. The zero-order valence-corrected chi connectivity index (χ0v) is 17.5. The van der Waals surface area contributed by atoms with Gasteiger partial charge in [-0.15, -0.1) is 0 Å². The third-order valence-electron chi connectivity index (χ3n) is 4.45. The molecule has 0 saturated carbocycles. The number of benzene rings is 2. The monoisotopic (exact) mass is 467 g/mol. The second kappa shape index (κ2) is 10.0. The van der Waals surface area contributed by atoms with E-state index in [2.05, 4.69) is 15.8 Å². The van der Waals surface area contributed by atoms with Crippen molar-refractivity contribution < 1.29 is 25.0 Å². The van der Waals surface area contributed by atoms with E-state index in [0.29, 0.717) is 15.2 Å². The van der Waals surface area contributed by atoms with E-state index >= 15 is 0 Å². The predicted octanol–water partition coefficient (Wildman–Crippen LogP) is 2.38. The summed E-state index contributed by atoms with van der Waals surface area (Å²) in [6, 6.07) is 11.4. The third-order valence-corrected chi connectivity index (χ3v) is 5.01. The average molecular weight is 468 g/mol. The molecule has 10 nitrogen and oxygen atoms in total. The Labute approximate surface area is 187 Å². The lowest BCUT2D eigenvalue weighted by Crippen LogP contribution is -2.50. The predicted molar refractivity (Wildman–Crippen MR) is 111 cm³/mol. The highest BCUT2D eigenvalue weighted by molar-refractivity contribution is 6.35. The quantitative estimate of drug-likeness (QED) is 0.437. The topological polar surface area (TPSA) is 138 Å². The number of hydrogen-bond acceptors (Lipinski definition) is 8.